The summed E-state index contributed by atoms with van der Waals surface area (Å²) in [6.07, 6.45) is 1.73. The molecule has 1 aromatic rings. The summed E-state index contributed by atoms with van der Waals surface area (Å²) in [4.78, 5) is 13.5. The fourth-order valence-electron chi connectivity index (χ4n) is 2.61. The van der Waals surface area contributed by atoms with Crippen molar-refractivity contribution in [3.8, 4) is 0 Å². The Kier molecular flexibility index (Phi) is 4.88. The molecular weight excluding hydrogens is 262 g/mol. The minimum Gasteiger partial charge on any atom is -0.371 e. The van der Waals surface area contributed by atoms with Gasteiger partial charge in [0.2, 0.25) is 5.91 Å². The van der Waals surface area contributed by atoms with Crippen molar-refractivity contribution >= 4 is 11.6 Å². The average molecular weight is 289 g/mol. The predicted molar refractivity (Wildman–Crippen MR) is 87.2 cm³/mol. The number of rotatable bonds is 4. The van der Waals surface area contributed by atoms with E-state index < -0.39 is 0 Å². The van der Waals surface area contributed by atoms with E-state index in [9.17, 15) is 4.79 Å². The summed E-state index contributed by atoms with van der Waals surface area (Å²) in [5.41, 5.74) is 8.04. The van der Waals surface area contributed by atoms with Crippen LogP contribution < -0.4 is 16.0 Å². The first kappa shape index (κ1) is 15.8. The largest absolute Gasteiger partial charge is 0.371 e. The van der Waals surface area contributed by atoms with Gasteiger partial charge in [0.1, 0.15) is 0 Å². The molecule has 0 aromatic heterocycles. The molecule has 116 valence electrons. The molecule has 0 radical (unpaired) electrons. The third-order valence-electron chi connectivity index (χ3n) is 4.02. The molecule has 1 aliphatic rings. The van der Waals surface area contributed by atoms with Gasteiger partial charge in [0.25, 0.3) is 0 Å². The van der Waals surface area contributed by atoms with Gasteiger partial charge < -0.3 is 16.0 Å². The number of nitrogens with one attached hydrogen (secondary N) is 1. The van der Waals surface area contributed by atoms with Crippen LogP contribution in [-0.2, 0) is 11.3 Å². The molecule has 1 fully saturated rings. The minimum atomic E-state index is -0.154. The van der Waals surface area contributed by atoms with Gasteiger partial charge in [-0.05, 0) is 51.3 Å². The van der Waals surface area contributed by atoms with Gasteiger partial charge in [-0.25, -0.2) is 0 Å². The van der Waals surface area contributed by atoms with E-state index in [1.54, 1.807) is 0 Å². The van der Waals surface area contributed by atoms with Crippen molar-refractivity contribution in [1.82, 2.24) is 5.32 Å². The van der Waals surface area contributed by atoms with Crippen LogP contribution in [0.5, 0.6) is 0 Å². The maximum Gasteiger partial charge on any atom is 0.220 e. The van der Waals surface area contributed by atoms with Gasteiger partial charge in [-0.3, -0.25) is 4.79 Å². The van der Waals surface area contributed by atoms with Crippen molar-refractivity contribution < 1.29 is 4.79 Å². The van der Waals surface area contributed by atoms with Crippen LogP contribution in [0.1, 0.15) is 39.2 Å². The summed E-state index contributed by atoms with van der Waals surface area (Å²) in [6, 6.07) is 8.69. The number of piperidine rings is 1. The third-order valence-corrected chi connectivity index (χ3v) is 4.02. The molecule has 1 aliphatic heterocycles. The van der Waals surface area contributed by atoms with Gasteiger partial charge in [-0.15, -0.1) is 0 Å². The summed E-state index contributed by atoms with van der Waals surface area (Å²) in [6.45, 7) is 9.21. The van der Waals surface area contributed by atoms with E-state index in [1.165, 1.54) is 11.3 Å². The first-order chi connectivity index (χ1) is 9.85. The summed E-state index contributed by atoms with van der Waals surface area (Å²) in [7, 11) is 0. The lowest BCUT2D eigenvalue weighted by molar-refractivity contribution is -0.122. The highest BCUT2D eigenvalue weighted by Crippen LogP contribution is 2.23. The van der Waals surface area contributed by atoms with Crippen molar-refractivity contribution in [2.75, 3.05) is 18.0 Å². The van der Waals surface area contributed by atoms with Crippen LogP contribution in [0.2, 0.25) is 0 Å². The lowest BCUT2D eigenvalue weighted by atomic mass is 9.96. The SMILES string of the molecule is CC(C)(C)NCc1ccc(N2CCC(C(N)=O)CC2)cc1. The normalized spacial score (nSPS) is 17.0. The highest BCUT2D eigenvalue weighted by atomic mass is 16.1. The second kappa shape index (κ2) is 6.48. The van der Waals surface area contributed by atoms with Crippen molar-refractivity contribution in [2.45, 2.75) is 45.7 Å². The molecule has 21 heavy (non-hydrogen) atoms. The molecule has 1 amide bonds. The van der Waals surface area contributed by atoms with E-state index in [0.717, 1.165) is 32.5 Å². The molecule has 0 aliphatic carbocycles. The number of anilines is 1. The summed E-state index contributed by atoms with van der Waals surface area (Å²) in [5.74, 6) is -0.102. The molecule has 4 heteroatoms. The van der Waals surface area contributed by atoms with Crippen LogP contribution >= 0.6 is 0 Å². The molecule has 1 heterocycles. The smallest absolute Gasteiger partial charge is 0.220 e. The number of carbonyl (C=O) groups excluding carboxylic acids is 1. The molecule has 0 atom stereocenters. The van der Waals surface area contributed by atoms with E-state index >= 15 is 0 Å². The number of nitrogens with zero attached hydrogens (tertiary/aromatic N) is 1. The van der Waals surface area contributed by atoms with Gasteiger partial charge in [0.15, 0.2) is 0 Å². The number of hydrogen-bond donors (Lipinski definition) is 2. The number of benzene rings is 1. The van der Waals surface area contributed by atoms with E-state index in [-0.39, 0.29) is 17.4 Å². The topological polar surface area (TPSA) is 58.4 Å². The number of carbonyl (C=O) groups is 1. The molecular formula is C17H27N3O. The Morgan fingerprint density at radius 3 is 2.29 bits per heavy atom. The van der Waals surface area contributed by atoms with E-state index in [2.05, 4.69) is 55.3 Å². The van der Waals surface area contributed by atoms with Crippen LogP contribution in [0.3, 0.4) is 0 Å². The Labute approximate surface area is 127 Å². The molecule has 0 spiro atoms. The van der Waals surface area contributed by atoms with Gasteiger partial charge >= 0.3 is 0 Å². The van der Waals surface area contributed by atoms with Gasteiger partial charge in [0, 0.05) is 36.8 Å². The number of amides is 1. The Morgan fingerprint density at radius 2 is 1.81 bits per heavy atom. The number of primary amides is 1. The lowest BCUT2D eigenvalue weighted by Crippen LogP contribution is -2.38. The van der Waals surface area contributed by atoms with Crippen molar-refractivity contribution in [3.63, 3.8) is 0 Å². The Morgan fingerprint density at radius 1 is 1.24 bits per heavy atom. The van der Waals surface area contributed by atoms with Crippen LogP contribution in [-0.4, -0.2) is 24.5 Å². The van der Waals surface area contributed by atoms with Crippen LogP contribution in [0.15, 0.2) is 24.3 Å². The average Bonchev–Trinajstić information content (AvgIpc) is 2.45. The molecule has 0 unspecified atom stereocenters. The Hall–Kier alpha value is -1.55. The summed E-state index contributed by atoms with van der Waals surface area (Å²) < 4.78 is 0. The highest BCUT2D eigenvalue weighted by molar-refractivity contribution is 5.77. The van der Waals surface area contributed by atoms with Crippen molar-refractivity contribution in [3.05, 3.63) is 29.8 Å². The fraction of sp³-hybridized carbons (Fsp3) is 0.588. The van der Waals surface area contributed by atoms with Crippen molar-refractivity contribution in [1.29, 1.82) is 0 Å². The zero-order valence-corrected chi connectivity index (χ0v) is 13.4. The third kappa shape index (κ3) is 4.74. The van der Waals surface area contributed by atoms with Gasteiger partial charge in [-0.1, -0.05) is 12.1 Å². The van der Waals surface area contributed by atoms with E-state index in [4.69, 9.17) is 5.73 Å². The molecule has 0 saturated carbocycles. The van der Waals surface area contributed by atoms with Gasteiger partial charge in [-0.2, -0.15) is 0 Å². The maximum absolute atomic E-state index is 11.2. The molecule has 0 bridgehead atoms. The summed E-state index contributed by atoms with van der Waals surface area (Å²) in [5, 5.41) is 3.49. The quantitative estimate of drug-likeness (QED) is 0.894. The lowest BCUT2D eigenvalue weighted by Gasteiger charge is -2.32. The number of nitrogens with two attached hydrogens (primary N) is 1. The first-order valence-electron chi connectivity index (χ1n) is 7.73. The fourth-order valence-corrected chi connectivity index (χ4v) is 2.61. The monoisotopic (exact) mass is 289 g/mol. The molecule has 2 rings (SSSR count). The Bertz CT molecular complexity index is 468. The van der Waals surface area contributed by atoms with Crippen LogP contribution in [0.4, 0.5) is 5.69 Å². The van der Waals surface area contributed by atoms with Crippen LogP contribution in [0.25, 0.3) is 0 Å². The summed E-state index contributed by atoms with van der Waals surface area (Å²) >= 11 is 0. The zero-order valence-electron chi connectivity index (χ0n) is 13.4. The molecule has 4 nitrogen and oxygen atoms in total. The predicted octanol–water partition coefficient (Wildman–Crippen LogP) is 2.28. The first-order valence-corrected chi connectivity index (χ1v) is 7.73. The zero-order chi connectivity index (χ0) is 15.5. The Balaban J connectivity index is 1.89. The van der Waals surface area contributed by atoms with E-state index in [1.807, 2.05) is 0 Å². The van der Waals surface area contributed by atoms with E-state index in [0.29, 0.717) is 0 Å². The van der Waals surface area contributed by atoms with Crippen LogP contribution in [0, 0.1) is 5.92 Å². The number of hydrogen-bond acceptors (Lipinski definition) is 3. The molecule has 3 N–H and O–H groups in total. The second-order valence-corrected chi connectivity index (χ2v) is 6.93. The molecule has 1 saturated heterocycles. The van der Waals surface area contributed by atoms with Crippen molar-refractivity contribution in [2.24, 2.45) is 11.7 Å². The second-order valence-electron chi connectivity index (χ2n) is 6.93. The maximum atomic E-state index is 11.2. The van der Waals surface area contributed by atoms with Gasteiger partial charge in [0.05, 0.1) is 0 Å². The minimum absolute atomic E-state index is 0.0523. The highest BCUT2D eigenvalue weighted by Gasteiger charge is 2.23. The standard InChI is InChI=1S/C17H27N3O/c1-17(2,3)19-12-13-4-6-15(7-5-13)20-10-8-14(9-11-20)16(18)21/h4-7,14,19H,8-12H2,1-3H3,(H2,18,21). The molecule has 1 aromatic carbocycles.